The Morgan fingerprint density at radius 3 is 2.48 bits per heavy atom. The van der Waals surface area contributed by atoms with E-state index in [0.717, 1.165) is 19.3 Å². The molecule has 21 heavy (non-hydrogen) atoms. The maximum absolute atomic E-state index is 12.5. The van der Waals surface area contributed by atoms with Gasteiger partial charge >= 0.3 is 5.97 Å². The van der Waals surface area contributed by atoms with Crippen LogP contribution in [0.25, 0.3) is 0 Å². The highest BCUT2D eigenvalue weighted by Gasteiger charge is 2.33. The van der Waals surface area contributed by atoms with Gasteiger partial charge < -0.3 is 9.52 Å². The fourth-order valence-corrected chi connectivity index (χ4v) is 4.31. The van der Waals surface area contributed by atoms with Crippen molar-refractivity contribution in [2.45, 2.75) is 57.4 Å². The van der Waals surface area contributed by atoms with Crippen LogP contribution in [-0.4, -0.2) is 25.5 Å². The lowest BCUT2D eigenvalue weighted by Gasteiger charge is -2.16. The van der Waals surface area contributed by atoms with Crippen molar-refractivity contribution in [2.24, 2.45) is 5.92 Å². The first-order valence-electron chi connectivity index (χ1n) is 7.11. The zero-order chi connectivity index (χ0) is 15.8. The van der Waals surface area contributed by atoms with Crippen molar-refractivity contribution in [1.29, 1.82) is 0 Å². The Labute approximate surface area is 124 Å². The lowest BCUT2D eigenvalue weighted by molar-refractivity contribution is 0.0691. The topological polar surface area (TPSA) is 96.6 Å². The summed E-state index contributed by atoms with van der Waals surface area (Å²) in [7, 11) is -3.90. The molecule has 1 aromatic heterocycles. The van der Waals surface area contributed by atoms with Crippen molar-refractivity contribution in [3.63, 3.8) is 0 Å². The molecule has 0 saturated heterocycles. The molecule has 1 aromatic rings. The lowest BCUT2D eigenvalue weighted by atomic mass is 10.1. The van der Waals surface area contributed by atoms with Gasteiger partial charge in [-0.25, -0.2) is 17.9 Å². The van der Waals surface area contributed by atoms with Crippen molar-refractivity contribution in [3.05, 3.63) is 17.1 Å². The van der Waals surface area contributed by atoms with E-state index in [9.17, 15) is 18.3 Å². The number of sulfonamides is 1. The molecular weight excluding hydrogens is 294 g/mol. The van der Waals surface area contributed by atoms with Gasteiger partial charge in [0, 0.05) is 6.04 Å². The number of nitrogens with one attached hydrogen (secondary N) is 1. The molecule has 0 bridgehead atoms. The van der Waals surface area contributed by atoms with Crippen molar-refractivity contribution in [2.75, 3.05) is 0 Å². The number of furan rings is 1. The predicted molar refractivity (Wildman–Crippen MR) is 76.9 cm³/mol. The molecule has 1 unspecified atom stereocenters. The summed E-state index contributed by atoms with van der Waals surface area (Å²) in [6.45, 7) is 4.84. The summed E-state index contributed by atoms with van der Waals surface area (Å²) in [5.41, 5.74) is -0.277. The van der Waals surface area contributed by atoms with Gasteiger partial charge in [-0.15, -0.1) is 0 Å². The molecular formula is C14H21NO5S. The van der Waals surface area contributed by atoms with Gasteiger partial charge in [0.25, 0.3) is 0 Å². The van der Waals surface area contributed by atoms with Gasteiger partial charge in [0.05, 0.1) is 0 Å². The summed E-state index contributed by atoms with van der Waals surface area (Å²) < 4.78 is 32.9. The Balaban J connectivity index is 2.32. The molecule has 2 rings (SSSR count). The normalized spacial score (nSPS) is 16.9. The van der Waals surface area contributed by atoms with Crippen LogP contribution in [0.5, 0.6) is 0 Å². The van der Waals surface area contributed by atoms with Gasteiger partial charge in [0.15, 0.2) is 0 Å². The Kier molecular flexibility index (Phi) is 4.43. The number of hydrogen-bond acceptors (Lipinski definition) is 4. The smallest absolute Gasteiger partial charge is 0.340 e. The van der Waals surface area contributed by atoms with Crippen molar-refractivity contribution < 1.29 is 22.7 Å². The minimum absolute atomic E-state index is 0.107. The molecule has 2 N–H and O–H groups in total. The second kappa shape index (κ2) is 5.81. The fourth-order valence-electron chi connectivity index (χ4n) is 2.57. The zero-order valence-corrected chi connectivity index (χ0v) is 13.3. The molecule has 1 saturated carbocycles. The SMILES string of the molecule is CCC(CC1CC1)NS(=O)(=O)c1c(C)oc(C)c1C(=O)O. The van der Waals surface area contributed by atoms with E-state index in [-0.39, 0.29) is 28.0 Å². The Morgan fingerprint density at radius 1 is 1.38 bits per heavy atom. The molecule has 0 radical (unpaired) electrons. The zero-order valence-electron chi connectivity index (χ0n) is 12.5. The average Bonchev–Trinajstić information content (AvgIpc) is 3.11. The molecule has 1 aliphatic rings. The van der Waals surface area contributed by atoms with Crippen molar-refractivity contribution in [3.8, 4) is 0 Å². The number of carboxylic acid groups (broad SMARTS) is 1. The quantitative estimate of drug-likeness (QED) is 0.805. The van der Waals surface area contributed by atoms with E-state index in [1.165, 1.54) is 13.8 Å². The van der Waals surface area contributed by atoms with Crippen LogP contribution in [0.15, 0.2) is 9.31 Å². The molecule has 118 valence electrons. The first kappa shape index (κ1) is 16.0. The molecule has 6 nitrogen and oxygen atoms in total. The Hall–Kier alpha value is -1.34. The summed E-state index contributed by atoms with van der Waals surface area (Å²) in [6, 6.07) is -0.168. The lowest BCUT2D eigenvalue weighted by Crippen LogP contribution is -2.35. The van der Waals surface area contributed by atoms with E-state index >= 15 is 0 Å². The molecule has 1 heterocycles. The van der Waals surface area contributed by atoms with E-state index in [1.807, 2.05) is 6.92 Å². The van der Waals surface area contributed by atoms with Crippen LogP contribution in [0.2, 0.25) is 0 Å². The number of aromatic carboxylic acids is 1. The van der Waals surface area contributed by atoms with Gasteiger partial charge in [-0.1, -0.05) is 19.8 Å². The third-order valence-electron chi connectivity index (χ3n) is 3.82. The summed E-state index contributed by atoms with van der Waals surface area (Å²) in [5.74, 6) is -0.488. The van der Waals surface area contributed by atoms with Crippen molar-refractivity contribution in [1.82, 2.24) is 4.72 Å². The molecule has 1 fully saturated rings. The predicted octanol–water partition coefficient (Wildman–Crippen LogP) is 2.45. The van der Waals surface area contributed by atoms with Gasteiger partial charge in [-0.2, -0.15) is 0 Å². The largest absolute Gasteiger partial charge is 0.478 e. The van der Waals surface area contributed by atoms with E-state index in [2.05, 4.69) is 4.72 Å². The Morgan fingerprint density at radius 2 is 2.00 bits per heavy atom. The monoisotopic (exact) mass is 315 g/mol. The number of hydrogen-bond donors (Lipinski definition) is 2. The summed E-state index contributed by atoms with van der Waals surface area (Å²) in [4.78, 5) is 11.0. The minimum Gasteiger partial charge on any atom is -0.478 e. The van der Waals surface area contributed by atoms with Gasteiger partial charge in [0.2, 0.25) is 10.0 Å². The molecule has 0 aromatic carbocycles. The van der Waals surface area contributed by atoms with Crippen LogP contribution in [0.1, 0.15) is 54.5 Å². The van der Waals surface area contributed by atoms with Crippen LogP contribution in [0.3, 0.4) is 0 Å². The number of aryl methyl sites for hydroxylation is 2. The second-order valence-corrected chi connectivity index (χ2v) is 7.28. The first-order valence-corrected chi connectivity index (χ1v) is 8.60. The molecule has 1 aliphatic carbocycles. The highest BCUT2D eigenvalue weighted by molar-refractivity contribution is 7.89. The molecule has 1 atom stereocenters. The van der Waals surface area contributed by atoms with Crippen LogP contribution in [0.4, 0.5) is 0 Å². The number of carbonyl (C=O) groups is 1. The summed E-state index contributed by atoms with van der Waals surface area (Å²) >= 11 is 0. The summed E-state index contributed by atoms with van der Waals surface area (Å²) in [6.07, 6.45) is 3.76. The second-order valence-electron chi connectivity index (χ2n) is 5.63. The van der Waals surface area contributed by atoms with Crippen LogP contribution in [-0.2, 0) is 10.0 Å². The highest BCUT2D eigenvalue weighted by Crippen LogP contribution is 2.35. The van der Waals surface area contributed by atoms with Crippen LogP contribution in [0, 0.1) is 19.8 Å². The first-order chi connectivity index (χ1) is 9.76. The van der Waals surface area contributed by atoms with E-state index in [1.54, 1.807) is 0 Å². The van der Waals surface area contributed by atoms with Crippen molar-refractivity contribution >= 4 is 16.0 Å². The van der Waals surface area contributed by atoms with Crippen LogP contribution >= 0.6 is 0 Å². The minimum atomic E-state index is -3.90. The molecule has 0 spiro atoms. The third kappa shape index (κ3) is 3.47. The number of rotatable bonds is 7. The number of carboxylic acids is 1. The molecule has 0 aliphatic heterocycles. The highest BCUT2D eigenvalue weighted by atomic mass is 32.2. The van der Waals surface area contributed by atoms with E-state index in [4.69, 9.17) is 4.42 Å². The van der Waals surface area contributed by atoms with E-state index < -0.39 is 16.0 Å². The van der Waals surface area contributed by atoms with Crippen LogP contribution < -0.4 is 4.72 Å². The maximum Gasteiger partial charge on any atom is 0.340 e. The fraction of sp³-hybridized carbons (Fsp3) is 0.643. The van der Waals surface area contributed by atoms with E-state index in [0.29, 0.717) is 12.3 Å². The Bertz CT molecular complexity index is 643. The third-order valence-corrected chi connectivity index (χ3v) is 5.49. The van der Waals surface area contributed by atoms with Gasteiger partial charge in [-0.3, -0.25) is 0 Å². The molecule has 0 amide bonds. The standard InChI is InChI=1S/C14H21NO5S/c1-4-11(7-10-5-6-10)15-21(18,19)13-9(3)20-8(2)12(13)14(16)17/h10-11,15H,4-7H2,1-3H3,(H,16,17). The average molecular weight is 315 g/mol. The van der Waals surface area contributed by atoms with Gasteiger partial charge in [0.1, 0.15) is 22.0 Å². The molecule has 7 heteroatoms. The maximum atomic E-state index is 12.5. The summed E-state index contributed by atoms with van der Waals surface area (Å²) in [5, 5.41) is 9.22. The van der Waals surface area contributed by atoms with Gasteiger partial charge in [-0.05, 0) is 32.6 Å².